The zero-order valence-corrected chi connectivity index (χ0v) is 11.5. The number of hydrogen-bond acceptors (Lipinski definition) is 3. The van der Waals surface area contributed by atoms with Crippen LogP contribution in [-0.4, -0.2) is 41.9 Å². The minimum absolute atomic E-state index is 0.0422. The predicted octanol–water partition coefficient (Wildman–Crippen LogP) is 2.09. The van der Waals surface area contributed by atoms with E-state index < -0.39 is 6.08 Å². The van der Waals surface area contributed by atoms with Crippen LogP contribution in [0.4, 0.5) is 0 Å². The molecule has 0 aliphatic carbocycles. The molecule has 0 amide bonds. The van der Waals surface area contributed by atoms with Crippen LogP contribution in [0.3, 0.4) is 0 Å². The first kappa shape index (κ1) is 9.28. The predicted molar refractivity (Wildman–Crippen MR) is 76.0 cm³/mol. The standard InChI is InChI=1S/C15H21N3O/c1-17(2)11-12-19-15(13-7-5-4-6-8-13)14-9-10-16-18(14)3/h4-10,15H,11-12H2,1-3H3/i4D,5D,7D,15D. The summed E-state index contributed by atoms with van der Waals surface area (Å²) in [6.07, 6.45) is -0.0835. The smallest absolute Gasteiger partial charge is 0.124 e. The van der Waals surface area contributed by atoms with Crippen molar-refractivity contribution >= 4 is 0 Å². The highest BCUT2D eigenvalue weighted by Gasteiger charge is 2.17. The zero-order valence-electron chi connectivity index (χ0n) is 15.5. The van der Waals surface area contributed by atoms with E-state index in [4.69, 9.17) is 10.2 Å². The molecule has 1 unspecified atom stereocenters. The molecule has 0 saturated heterocycles. The molecule has 2 aromatic rings. The van der Waals surface area contributed by atoms with Gasteiger partial charge < -0.3 is 9.64 Å². The number of aromatic nitrogens is 2. The second-order valence-electron chi connectivity index (χ2n) is 4.46. The van der Waals surface area contributed by atoms with E-state index in [9.17, 15) is 0 Å². The number of hydrogen-bond donors (Lipinski definition) is 0. The van der Waals surface area contributed by atoms with Crippen molar-refractivity contribution in [2.24, 2.45) is 7.05 Å². The maximum Gasteiger partial charge on any atom is 0.124 e. The van der Waals surface area contributed by atoms with Crippen molar-refractivity contribution in [1.82, 2.24) is 14.7 Å². The van der Waals surface area contributed by atoms with Gasteiger partial charge >= 0.3 is 0 Å². The van der Waals surface area contributed by atoms with E-state index in [1.54, 1.807) is 19.3 Å². The van der Waals surface area contributed by atoms with Crippen molar-refractivity contribution in [2.45, 2.75) is 6.08 Å². The molecule has 0 aliphatic heterocycles. The van der Waals surface area contributed by atoms with Crippen molar-refractivity contribution in [2.75, 3.05) is 27.2 Å². The minimum Gasteiger partial charge on any atom is -0.366 e. The van der Waals surface area contributed by atoms with Gasteiger partial charge in [-0.15, -0.1) is 0 Å². The Morgan fingerprint density at radius 1 is 1.47 bits per heavy atom. The van der Waals surface area contributed by atoms with Crippen LogP contribution in [-0.2, 0) is 11.8 Å². The lowest BCUT2D eigenvalue weighted by atomic mass is 10.1. The summed E-state index contributed by atoms with van der Waals surface area (Å²) in [6.45, 7) is 0.910. The second kappa shape index (κ2) is 6.50. The van der Waals surface area contributed by atoms with E-state index in [0.29, 0.717) is 12.2 Å². The molecule has 4 nitrogen and oxygen atoms in total. The molecule has 0 saturated carbocycles. The first-order chi connectivity index (χ1) is 10.8. The minimum atomic E-state index is -1.65. The third kappa shape index (κ3) is 3.66. The summed E-state index contributed by atoms with van der Waals surface area (Å²) >= 11 is 0. The lowest BCUT2D eigenvalue weighted by Gasteiger charge is -2.20. The van der Waals surface area contributed by atoms with Crippen molar-refractivity contribution in [3.8, 4) is 0 Å². The average molecular weight is 263 g/mol. The summed E-state index contributed by atoms with van der Waals surface area (Å²) in [4.78, 5) is 1.94. The van der Waals surface area contributed by atoms with E-state index in [2.05, 4.69) is 5.10 Å². The fourth-order valence-electron chi connectivity index (χ4n) is 1.66. The van der Waals surface area contributed by atoms with Crippen LogP contribution < -0.4 is 0 Å². The summed E-state index contributed by atoms with van der Waals surface area (Å²) in [6, 6.07) is 4.18. The summed E-state index contributed by atoms with van der Waals surface area (Å²) in [5.74, 6) is 0. The third-order valence-electron chi connectivity index (χ3n) is 2.69. The molecule has 0 N–H and O–H groups in total. The molecule has 0 bridgehead atoms. The Morgan fingerprint density at radius 3 is 3.00 bits per heavy atom. The lowest BCUT2D eigenvalue weighted by molar-refractivity contribution is 0.0638. The van der Waals surface area contributed by atoms with E-state index >= 15 is 0 Å². The molecule has 102 valence electrons. The van der Waals surface area contributed by atoms with Gasteiger partial charge in [0.05, 0.1) is 17.8 Å². The van der Waals surface area contributed by atoms with E-state index in [-0.39, 0.29) is 30.3 Å². The van der Waals surface area contributed by atoms with Crippen LogP contribution >= 0.6 is 0 Å². The summed E-state index contributed by atoms with van der Waals surface area (Å²) in [5.41, 5.74) is 0.711. The maximum atomic E-state index is 8.85. The Labute approximate surface area is 120 Å². The van der Waals surface area contributed by atoms with Gasteiger partial charge in [0.25, 0.3) is 0 Å². The van der Waals surface area contributed by atoms with E-state index in [0.717, 1.165) is 0 Å². The second-order valence-corrected chi connectivity index (χ2v) is 4.46. The average Bonchev–Trinajstić information content (AvgIpc) is 2.91. The van der Waals surface area contributed by atoms with Gasteiger partial charge in [-0.05, 0) is 25.7 Å². The van der Waals surface area contributed by atoms with Gasteiger partial charge in [-0.3, -0.25) is 4.68 Å². The lowest BCUT2D eigenvalue weighted by Crippen LogP contribution is -2.20. The zero-order chi connectivity index (χ0) is 17.2. The number of aryl methyl sites for hydroxylation is 1. The largest absolute Gasteiger partial charge is 0.366 e. The Bertz CT molecular complexity index is 689. The molecule has 0 radical (unpaired) electrons. The number of nitrogens with zero attached hydrogens (tertiary/aromatic N) is 3. The van der Waals surface area contributed by atoms with Gasteiger partial charge in [0.1, 0.15) is 6.08 Å². The molecular weight excluding hydrogens is 238 g/mol. The summed E-state index contributed by atoms with van der Waals surface area (Å²) in [5, 5.41) is 4.08. The maximum absolute atomic E-state index is 8.85. The highest BCUT2D eigenvalue weighted by Crippen LogP contribution is 2.25. The van der Waals surface area contributed by atoms with E-state index in [1.165, 1.54) is 16.8 Å². The number of likely N-dealkylation sites (N-methyl/N-ethyl adjacent to an activating group) is 1. The molecule has 0 spiro atoms. The van der Waals surface area contributed by atoms with Crippen LogP contribution in [0, 0.1) is 0 Å². The van der Waals surface area contributed by atoms with Crippen molar-refractivity contribution in [3.05, 3.63) is 53.8 Å². The summed E-state index contributed by atoms with van der Waals surface area (Å²) < 4.78 is 39.8. The van der Waals surface area contributed by atoms with Gasteiger partial charge in [0, 0.05) is 19.8 Å². The summed E-state index contributed by atoms with van der Waals surface area (Å²) in [7, 11) is 5.52. The molecule has 0 fully saturated rings. The highest BCUT2D eigenvalue weighted by atomic mass is 16.5. The van der Waals surface area contributed by atoms with Crippen LogP contribution in [0.15, 0.2) is 42.5 Å². The van der Waals surface area contributed by atoms with E-state index in [1.807, 2.05) is 19.0 Å². The molecule has 1 aromatic carbocycles. The molecule has 2 rings (SSSR count). The topological polar surface area (TPSA) is 30.3 Å². The molecule has 4 heteroatoms. The van der Waals surface area contributed by atoms with Crippen LogP contribution in [0.5, 0.6) is 0 Å². The first-order valence-electron chi connectivity index (χ1n) is 8.12. The Balaban J connectivity index is 2.50. The molecule has 1 atom stereocenters. The molecular formula is C15H21N3O. The fourth-order valence-corrected chi connectivity index (χ4v) is 1.66. The van der Waals surface area contributed by atoms with Gasteiger partial charge in [0.15, 0.2) is 0 Å². The van der Waals surface area contributed by atoms with Crippen LogP contribution in [0.25, 0.3) is 0 Å². The quantitative estimate of drug-likeness (QED) is 0.799. The van der Waals surface area contributed by atoms with Gasteiger partial charge in [-0.1, -0.05) is 30.3 Å². The molecule has 1 aromatic heterocycles. The SMILES string of the molecule is [2H]c1ccc(C([2H])(OCCN(C)C)c2ccnn2C)c([2H])c1[2H]. The van der Waals surface area contributed by atoms with Crippen LogP contribution in [0.2, 0.25) is 0 Å². The van der Waals surface area contributed by atoms with Gasteiger partial charge in [0.2, 0.25) is 0 Å². The monoisotopic (exact) mass is 263 g/mol. The normalized spacial score (nSPS) is 17.5. The van der Waals surface area contributed by atoms with Crippen LogP contribution in [0.1, 0.15) is 22.8 Å². The third-order valence-corrected chi connectivity index (χ3v) is 2.69. The fraction of sp³-hybridized carbons (Fsp3) is 0.400. The Morgan fingerprint density at radius 2 is 2.32 bits per heavy atom. The van der Waals surface area contributed by atoms with Crippen molar-refractivity contribution in [1.29, 1.82) is 0 Å². The van der Waals surface area contributed by atoms with Gasteiger partial charge in [-0.25, -0.2) is 0 Å². The Kier molecular flexibility index (Phi) is 3.18. The molecule has 19 heavy (non-hydrogen) atoms. The van der Waals surface area contributed by atoms with Gasteiger partial charge in [-0.2, -0.15) is 5.10 Å². The Hall–Kier alpha value is -1.65. The number of benzene rings is 1. The highest BCUT2D eigenvalue weighted by molar-refractivity contribution is 5.25. The molecule has 1 heterocycles. The number of rotatable bonds is 6. The van der Waals surface area contributed by atoms with Crippen molar-refractivity contribution < 1.29 is 10.2 Å². The molecule has 0 aliphatic rings. The van der Waals surface area contributed by atoms with Crippen molar-refractivity contribution in [3.63, 3.8) is 0 Å². The number of ether oxygens (including phenoxy) is 1. The first-order valence-corrected chi connectivity index (χ1v) is 6.12.